The van der Waals surface area contributed by atoms with Crippen LogP contribution >= 0.6 is 0 Å². The van der Waals surface area contributed by atoms with Gasteiger partial charge in [0.1, 0.15) is 0 Å². The third-order valence-electron chi connectivity index (χ3n) is 7.94. The number of carboxylic acids is 3. The predicted octanol–water partition coefficient (Wildman–Crippen LogP) is 5.37. The SMILES string of the molecule is C=C(C)C(=O)O.C=C(C)C(=O)O.C=CC(=O)O.CC(O)COC(C)COC(C)COC(C)COC(C)COC(C)COC(C)COC(C)COC(C)COC(C)COC(C)COC(C)CO. The van der Waals surface area contributed by atoms with Crippen molar-refractivity contribution in [1.29, 1.82) is 0 Å². The molecule has 19 nitrogen and oxygen atoms in total. The number of hydrogen-bond acceptors (Lipinski definition) is 16. The first-order valence-corrected chi connectivity index (χ1v) is 22.4. The van der Waals surface area contributed by atoms with E-state index in [-0.39, 0.29) is 84.9 Å². The fourth-order valence-corrected chi connectivity index (χ4v) is 3.84. The fourth-order valence-electron chi connectivity index (χ4n) is 3.84. The van der Waals surface area contributed by atoms with Gasteiger partial charge in [-0.1, -0.05) is 19.7 Å². The summed E-state index contributed by atoms with van der Waals surface area (Å²) in [6.07, 6.45) is -0.703. The number of ether oxygens (including phenoxy) is 11. The first kappa shape index (κ1) is 69.7. The van der Waals surface area contributed by atoms with Crippen LogP contribution < -0.4 is 0 Å². The van der Waals surface area contributed by atoms with Crippen molar-refractivity contribution in [2.45, 2.75) is 170 Å². The number of aliphatic carboxylic acids is 3. The lowest BCUT2D eigenvalue weighted by Crippen LogP contribution is -2.31. The van der Waals surface area contributed by atoms with Crippen LogP contribution in [0.5, 0.6) is 0 Å². The van der Waals surface area contributed by atoms with E-state index in [9.17, 15) is 19.5 Å². The van der Waals surface area contributed by atoms with Crippen molar-refractivity contribution in [2.75, 3.05) is 79.3 Å². The number of aliphatic hydroxyl groups excluding tert-OH is 2. The molecule has 0 saturated carbocycles. The van der Waals surface area contributed by atoms with E-state index in [0.29, 0.717) is 72.7 Å². The minimum atomic E-state index is -0.981. The normalized spacial score (nSPS) is 16.5. The van der Waals surface area contributed by atoms with Crippen LogP contribution in [0.25, 0.3) is 0 Å². The molecule has 0 amide bonds. The summed E-state index contributed by atoms with van der Waals surface area (Å²) in [5.74, 6) is -2.85. The maximum atomic E-state index is 9.60. The van der Waals surface area contributed by atoms with Crippen LogP contribution in [0.2, 0.25) is 0 Å². The third kappa shape index (κ3) is 53.7. The van der Waals surface area contributed by atoms with Crippen LogP contribution in [0.4, 0.5) is 0 Å². The van der Waals surface area contributed by atoms with E-state index < -0.39 is 24.0 Å². The molecule has 0 aliphatic carbocycles. The van der Waals surface area contributed by atoms with Gasteiger partial charge in [-0.2, -0.15) is 0 Å². The minimum absolute atomic E-state index is 0.00643. The van der Waals surface area contributed by atoms with E-state index in [2.05, 4.69) is 19.7 Å². The second-order valence-electron chi connectivity index (χ2n) is 16.3. The summed E-state index contributed by atoms with van der Waals surface area (Å²) in [4.78, 5) is 28.4. The zero-order valence-electron chi connectivity index (χ0n) is 42.6. The van der Waals surface area contributed by atoms with Gasteiger partial charge in [0.05, 0.1) is 153 Å². The molecule has 392 valence electrons. The van der Waals surface area contributed by atoms with Crippen LogP contribution in [0.1, 0.15) is 96.9 Å². The zero-order valence-corrected chi connectivity index (χ0v) is 42.6. The Hall–Kier alpha value is -2.89. The number of hydrogen-bond donors (Lipinski definition) is 5. The molecule has 0 aliphatic heterocycles. The number of aliphatic hydroxyl groups is 2. The molecule has 12 unspecified atom stereocenters. The van der Waals surface area contributed by atoms with Crippen molar-refractivity contribution in [2.24, 2.45) is 0 Å². The molecule has 0 heterocycles. The van der Waals surface area contributed by atoms with Crippen LogP contribution in [0, 0.1) is 0 Å². The average Bonchev–Trinajstić information content (AvgIpc) is 3.26. The van der Waals surface area contributed by atoms with E-state index >= 15 is 0 Å². The standard InChI is InChI=1S/C36H74O13.2C4H6O2.C3H4O2/c1-25(38)14-39-27(3)16-41-29(5)18-43-31(7)20-45-33(9)22-47-35(11)24-49-36(12)23-48-34(10)21-46-32(8)19-44-30(6)17-42-28(4)15-40-26(2)13-37;2*1-3(2)4(5)6;1-2-3(4)5/h25-38H,13-24H2,1-12H3;2*1H2,2H3,(H,5,6);2H,1H2,(H,4,5). The molecule has 0 aromatic carbocycles. The van der Waals surface area contributed by atoms with Gasteiger partial charge in [0, 0.05) is 17.2 Å². The summed E-state index contributed by atoms with van der Waals surface area (Å²) in [6.45, 7) is 40.1. The Balaban J connectivity index is -0.000000947. The first-order chi connectivity index (χ1) is 30.7. The van der Waals surface area contributed by atoms with Gasteiger partial charge in [-0.25, -0.2) is 14.4 Å². The molecule has 0 aromatic heterocycles. The minimum Gasteiger partial charge on any atom is -0.478 e. The van der Waals surface area contributed by atoms with Gasteiger partial charge >= 0.3 is 17.9 Å². The Morgan fingerprint density at radius 2 is 0.530 bits per heavy atom. The molecule has 19 heteroatoms. The number of carboxylic acid groups (broad SMARTS) is 3. The number of carbonyl (C=O) groups is 3. The molecule has 12 atom stereocenters. The molecule has 0 bridgehead atoms. The topological polar surface area (TPSA) is 254 Å². The van der Waals surface area contributed by atoms with Crippen molar-refractivity contribution in [3.05, 3.63) is 37.0 Å². The summed E-state index contributed by atoms with van der Waals surface area (Å²) in [7, 11) is 0. The van der Waals surface area contributed by atoms with Gasteiger partial charge < -0.3 is 77.6 Å². The molecule has 0 fully saturated rings. The van der Waals surface area contributed by atoms with E-state index in [4.69, 9.17) is 72.5 Å². The Labute approximate surface area is 395 Å². The van der Waals surface area contributed by atoms with E-state index in [1.165, 1.54) is 13.8 Å². The van der Waals surface area contributed by atoms with Crippen LogP contribution in [-0.4, -0.2) is 196 Å². The maximum Gasteiger partial charge on any atom is 0.330 e. The Morgan fingerprint density at radius 3 is 0.636 bits per heavy atom. The molecule has 0 aromatic rings. The summed E-state index contributed by atoms with van der Waals surface area (Å²) < 4.78 is 63.8. The van der Waals surface area contributed by atoms with Gasteiger partial charge in [0.25, 0.3) is 0 Å². The third-order valence-corrected chi connectivity index (χ3v) is 7.94. The molecular formula is C47H90O19. The molecule has 0 saturated heterocycles. The predicted molar refractivity (Wildman–Crippen MR) is 251 cm³/mol. The fraction of sp³-hybridized carbons (Fsp3) is 0.809. The molecular weight excluding hydrogens is 868 g/mol. The maximum absolute atomic E-state index is 9.60. The molecule has 66 heavy (non-hydrogen) atoms. The van der Waals surface area contributed by atoms with E-state index in [0.717, 1.165) is 6.08 Å². The molecule has 0 spiro atoms. The van der Waals surface area contributed by atoms with Gasteiger partial charge in [0.15, 0.2) is 0 Å². The van der Waals surface area contributed by atoms with Crippen molar-refractivity contribution in [3.63, 3.8) is 0 Å². The molecule has 0 radical (unpaired) electrons. The van der Waals surface area contributed by atoms with Crippen LogP contribution in [0.3, 0.4) is 0 Å². The second kappa shape index (κ2) is 44.6. The van der Waals surface area contributed by atoms with Gasteiger partial charge in [-0.15, -0.1) is 0 Å². The highest BCUT2D eigenvalue weighted by Crippen LogP contribution is 2.07. The lowest BCUT2D eigenvalue weighted by molar-refractivity contribution is -0.133. The van der Waals surface area contributed by atoms with Crippen LogP contribution in [-0.2, 0) is 66.5 Å². The van der Waals surface area contributed by atoms with Crippen LogP contribution in [0.15, 0.2) is 37.0 Å². The van der Waals surface area contributed by atoms with Crippen molar-refractivity contribution in [3.8, 4) is 0 Å². The molecule has 0 aliphatic rings. The van der Waals surface area contributed by atoms with Crippen molar-refractivity contribution < 1.29 is 92.0 Å². The van der Waals surface area contributed by atoms with E-state index in [1.807, 2.05) is 76.2 Å². The summed E-state index contributed by atoms with van der Waals surface area (Å²) >= 11 is 0. The molecule has 0 rings (SSSR count). The Morgan fingerprint density at radius 1 is 0.394 bits per heavy atom. The van der Waals surface area contributed by atoms with Gasteiger partial charge in [-0.3, -0.25) is 0 Å². The second-order valence-corrected chi connectivity index (χ2v) is 16.3. The summed E-state index contributed by atoms with van der Waals surface area (Å²) in [5.41, 5.74) is 0.352. The average molecular weight is 959 g/mol. The Kier molecular flexibility index (Phi) is 47.1. The number of rotatable bonds is 37. The molecule has 5 N–H and O–H groups in total. The summed E-state index contributed by atoms with van der Waals surface area (Å²) in [6, 6.07) is 0. The highest BCUT2D eigenvalue weighted by atomic mass is 16.6. The van der Waals surface area contributed by atoms with Gasteiger partial charge in [0.2, 0.25) is 0 Å². The highest BCUT2D eigenvalue weighted by molar-refractivity contribution is 5.85. The summed E-state index contributed by atoms with van der Waals surface area (Å²) in [5, 5.41) is 41.7. The largest absolute Gasteiger partial charge is 0.478 e. The quantitative estimate of drug-likeness (QED) is 0.0491. The van der Waals surface area contributed by atoms with E-state index in [1.54, 1.807) is 6.92 Å². The van der Waals surface area contributed by atoms with Crippen molar-refractivity contribution in [1.82, 2.24) is 0 Å². The highest BCUT2D eigenvalue weighted by Gasteiger charge is 2.16. The zero-order chi connectivity index (χ0) is 51.8. The lowest BCUT2D eigenvalue weighted by atomic mass is 10.3. The van der Waals surface area contributed by atoms with Crippen molar-refractivity contribution >= 4 is 17.9 Å². The monoisotopic (exact) mass is 959 g/mol. The smallest absolute Gasteiger partial charge is 0.330 e. The first-order valence-electron chi connectivity index (χ1n) is 22.4. The Bertz CT molecular complexity index is 1190. The lowest BCUT2D eigenvalue weighted by Gasteiger charge is -2.23. The van der Waals surface area contributed by atoms with Gasteiger partial charge in [-0.05, 0) is 96.9 Å².